The van der Waals surface area contributed by atoms with E-state index in [0.29, 0.717) is 25.3 Å². The highest BCUT2D eigenvalue weighted by atomic mass is 32.2. The summed E-state index contributed by atoms with van der Waals surface area (Å²) in [6.07, 6.45) is 0.846. The zero-order valence-electron chi connectivity index (χ0n) is 10.8. The topological polar surface area (TPSA) is 53.3 Å². The van der Waals surface area contributed by atoms with E-state index in [2.05, 4.69) is 6.07 Å². The maximum absolute atomic E-state index is 12.3. The Labute approximate surface area is 121 Å². The predicted octanol–water partition coefficient (Wildman–Crippen LogP) is 2.49. The van der Waals surface area contributed by atoms with E-state index in [1.807, 2.05) is 12.3 Å². The van der Waals surface area contributed by atoms with Crippen molar-refractivity contribution in [1.29, 1.82) is 5.26 Å². The first-order valence-electron chi connectivity index (χ1n) is 6.26. The Kier molecular flexibility index (Phi) is 5.25. The van der Waals surface area contributed by atoms with Crippen molar-refractivity contribution in [3.8, 4) is 6.07 Å². The lowest BCUT2D eigenvalue weighted by molar-refractivity contribution is -0.116. The summed E-state index contributed by atoms with van der Waals surface area (Å²) in [5.74, 6) is 0.966. The van der Waals surface area contributed by atoms with Crippen molar-refractivity contribution in [3.05, 3.63) is 17.0 Å². The van der Waals surface area contributed by atoms with Gasteiger partial charge >= 0.3 is 0 Å². The molecule has 0 radical (unpaired) electrons. The van der Waals surface area contributed by atoms with Crippen molar-refractivity contribution in [2.24, 2.45) is 0 Å². The van der Waals surface area contributed by atoms with Gasteiger partial charge in [-0.15, -0.1) is 23.1 Å². The third-order valence-corrected chi connectivity index (χ3v) is 5.10. The minimum absolute atomic E-state index is 0.00842. The second-order valence-corrected chi connectivity index (χ2v) is 6.29. The summed E-state index contributed by atoms with van der Waals surface area (Å²) in [5, 5.41) is 11.7. The Morgan fingerprint density at radius 3 is 3.26 bits per heavy atom. The number of anilines is 1. The van der Waals surface area contributed by atoms with Gasteiger partial charge in [-0.05, 0) is 24.8 Å². The van der Waals surface area contributed by atoms with Gasteiger partial charge in [-0.25, -0.2) is 0 Å². The fraction of sp³-hybridized carbons (Fsp3) is 0.538. The van der Waals surface area contributed by atoms with Crippen molar-refractivity contribution in [2.45, 2.75) is 18.6 Å². The second kappa shape index (κ2) is 6.94. The summed E-state index contributed by atoms with van der Waals surface area (Å²) in [4.78, 5) is 14.0. The van der Waals surface area contributed by atoms with Crippen molar-refractivity contribution < 1.29 is 9.53 Å². The molecule has 19 heavy (non-hydrogen) atoms. The number of thiophene rings is 1. The summed E-state index contributed by atoms with van der Waals surface area (Å²) in [6, 6.07) is 3.90. The minimum atomic E-state index is 0.00842. The summed E-state index contributed by atoms with van der Waals surface area (Å²) in [5.41, 5.74) is 0.596. The maximum atomic E-state index is 12.3. The van der Waals surface area contributed by atoms with E-state index in [0.717, 1.165) is 17.2 Å². The van der Waals surface area contributed by atoms with Gasteiger partial charge in [0.1, 0.15) is 11.1 Å². The molecule has 4 nitrogen and oxygen atoms in total. The molecule has 1 unspecified atom stereocenters. The number of ether oxygens (including phenoxy) is 1. The molecule has 2 heterocycles. The maximum Gasteiger partial charge on any atom is 0.240 e. The zero-order valence-corrected chi connectivity index (χ0v) is 12.4. The lowest BCUT2D eigenvalue weighted by Gasteiger charge is -2.15. The summed E-state index contributed by atoms with van der Waals surface area (Å²) in [6.45, 7) is 4.08. The van der Waals surface area contributed by atoms with Crippen LogP contribution in [0.3, 0.4) is 0 Å². The van der Waals surface area contributed by atoms with Gasteiger partial charge in [-0.1, -0.05) is 0 Å². The predicted molar refractivity (Wildman–Crippen MR) is 78.7 cm³/mol. The van der Waals surface area contributed by atoms with E-state index in [-0.39, 0.29) is 11.2 Å². The lowest BCUT2D eigenvalue weighted by Crippen LogP contribution is -2.28. The zero-order chi connectivity index (χ0) is 13.7. The fourth-order valence-electron chi connectivity index (χ4n) is 2.00. The molecule has 1 saturated heterocycles. The van der Waals surface area contributed by atoms with Crippen LogP contribution in [0.4, 0.5) is 5.00 Å². The molecule has 102 valence electrons. The molecule has 1 aliphatic rings. The van der Waals surface area contributed by atoms with Gasteiger partial charge in [0.05, 0.1) is 17.4 Å². The molecule has 6 heteroatoms. The van der Waals surface area contributed by atoms with E-state index in [1.165, 1.54) is 11.3 Å². The van der Waals surface area contributed by atoms with E-state index < -0.39 is 0 Å². The number of hydrogen-bond donors (Lipinski definition) is 0. The van der Waals surface area contributed by atoms with Gasteiger partial charge < -0.3 is 9.64 Å². The molecule has 2 rings (SSSR count). The first-order valence-corrected chi connectivity index (χ1v) is 8.19. The normalized spacial score (nSPS) is 18.8. The Bertz CT molecular complexity index is 481. The molecule has 1 amide bonds. The van der Waals surface area contributed by atoms with Crippen molar-refractivity contribution >= 4 is 34.0 Å². The van der Waals surface area contributed by atoms with Gasteiger partial charge in [0.2, 0.25) is 5.91 Å². The smallest absolute Gasteiger partial charge is 0.240 e. The number of carbonyl (C=O) groups is 1. The van der Waals surface area contributed by atoms with Crippen LogP contribution < -0.4 is 4.90 Å². The second-order valence-electron chi connectivity index (χ2n) is 4.09. The third kappa shape index (κ3) is 3.30. The van der Waals surface area contributed by atoms with Crippen LogP contribution in [0.1, 0.15) is 18.9 Å². The van der Waals surface area contributed by atoms with Crippen LogP contribution in [0.25, 0.3) is 0 Å². The van der Waals surface area contributed by atoms with Gasteiger partial charge in [-0.2, -0.15) is 5.26 Å². The number of thioether (sulfide) groups is 1. The molecule has 0 bridgehead atoms. The first-order chi connectivity index (χ1) is 9.27. The number of hydrogen-bond acceptors (Lipinski definition) is 5. The number of rotatable bonds is 6. The fourth-order valence-corrected chi connectivity index (χ4v) is 3.92. The van der Waals surface area contributed by atoms with Crippen LogP contribution >= 0.6 is 23.1 Å². The number of nitrogens with zero attached hydrogens (tertiary/aromatic N) is 2. The molecule has 1 aromatic heterocycles. The monoisotopic (exact) mass is 296 g/mol. The molecule has 0 spiro atoms. The molecule has 0 aromatic carbocycles. The molecular weight excluding hydrogens is 280 g/mol. The Balaban J connectivity index is 1.93. The highest BCUT2D eigenvalue weighted by Gasteiger charge is 2.34. The third-order valence-electron chi connectivity index (χ3n) is 2.92. The Hall–Kier alpha value is -1.03. The Morgan fingerprint density at radius 1 is 1.68 bits per heavy atom. The van der Waals surface area contributed by atoms with Gasteiger partial charge in [-0.3, -0.25) is 4.79 Å². The van der Waals surface area contributed by atoms with Gasteiger partial charge in [0, 0.05) is 18.9 Å². The highest BCUT2D eigenvalue weighted by molar-refractivity contribution is 8.00. The number of amides is 1. The lowest BCUT2D eigenvalue weighted by atomic mass is 10.3. The first kappa shape index (κ1) is 14.4. The van der Waals surface area contributed by atoms with E-state index >= 15 is 0 Å². The van der Waals surface area contributed by atoms with Crippen LogP contribution in [0, 0.1) is 11.3 Å². The van der Waals surface area contributed by atoms with Crippen molar-refractivity contribution in [2.75, 3.05) is 30.4 Å². The molecule has 1 fully saturated rings. The quantitative estimate of drug-likeness (QED) is 0.757. The summed E-state index contributed by atoms with van der Waals surface area (Å²) in [7, 11) is 0. The molecule has 1 atom stereocenters. The number of nitriles is 1. The molecule has 0 aliphatic carbocycles. The van der Waals surface area contributed by atoms with Crippen LogP contribution in [0.5, 0.6) is 0 Å². The molecule has 1 aromatic rings. The van der Waals surface area contributed by atoms with E-state index in [4.69, 9.17) is 10.00 Å². The molecule has 1 aliphatic heterocycles. The molecule has 0 saturated carbocycles. The average molecular weight is 296 g/mol. The van der Waals surface area contributed by atoms with Crippen LogP contribution in [-0.4, -0.2) is 36.7 Å². The number of carbonyl (C=O) groups excluding carboxylic acids is 1. The Morgan fingerprint density at radius 2 is 2.53 bits per heavy atom. The molecular formula is C13H16N2O2S2. The summed E-state index contributed by atoms with van der Waals surface area (Å²) < 4.78 is 5.28. The van der Waals surface area contributed by atoms with Crippen LogP contribution in [-0.2, 0) is 9.53 Å². The van der Waals surface area contributed by atoms with Crippen LogP contribution in [0.2, 0.25) is 0 Å². The highest BCUT2D eigenvalue weighted by Crippen LogP contribution is 2.33. The van der Waals surface area contributed by atoms with Gasteiger partial charge in [0.25, 0.3) is 0 Å². The summed E-state index contributed by atoms with van der Waals surface area (Å²) >= 11 is 3.11. The van der Waals surface area contributed by atoms with E-state index in [9.17, 15) is 4.79 Å². The SMILES string of the molecule is CCOCCSC1CCN(c2sccc2C#N)C1=O. The molecule has 0 N–H and O–H groups in total. The van der Waals surface area contributed by atoms with Crippen LogP contribution in [0.15, 0.2) is 11.4 Å². The average Bonchev–Trinajstić information content (AvgIpc) is 3.01. The van der Waals surface area contributed by atoms with Crippen molar-refractivity contribution in [3.63, 3.8) is 0 Å². The van der Waals surface area contributed by atoms with Gasteiger partial charge in [0.15, 0.2) is 0 Å². The van der Waals surface area contributed by atoms with E-state index in [1.54, 1.807) is 22.7 Å². The largest absolute Gasteiger partial charge is 0.381 e. The standard InChI is InChI=1S/C13H16N2O2S2/c1-2-17-6-8-18-11-3-5-15(12(11)16)13-10(9-14)4-7-19-13/h4,7,11H,2-3,5-6,8H2,1H3. The minimum Gasteiger partial charge on any atom is -0.381 e. The van der Waals surface area contributed by atoms with Crippen molar-refractivity contribution in [1.82, 2.24) is 0 Å².